The summed E-state index contributed by atoms with van der Waals surface area (Å²) in [6, 6.07) is 8.71. The van der Waals surface area contributed by atoms with E-state index in [4.69, 9.17) is 0 Å². The standard InChI is InChI=1S/C18H14/c1-2-7-15-12-18-16(11-14(15)6-1)10-9-13-5-3-4-8-17(13)18/h1-10,12,17H,11H2. The van der Waals surface area contributed by atoms with Gasteiger partial charge in [0, 0.05) is 5.92 Å². The molecule has 0 N–H and O–H groups in total. The molecule has 0 spiro atoms. The topological polar surface area (TPSA) is 0 Å². The molecule has 0 heterocycles. The van der Waals surface area contributed by atoms with Crippen molar-refractivity contribution in [3.05, 3.63) is 88.6 Å². The fourth-order valence-electron chi connectivity index (χ4n) is 3.04. The van der Waals surface area contributed by atoms with E-state index in [0.29, 0.717) is 5.92 Å². The summed E-state index contributed by atoms with van der Waals surface area (Å²) in [5.74, 6) is 0.461. The number of rotatable bonds is 0. The molecule has 1 aromatic rings. The maximum atomic E-state index is 2.37. The Morgan fingerprint density at radius 1 is 1.00 bits per heavy atom. The Labute approximate surface area is 107 Å². The zero-order chi connectivity index (χ0) is 11.9. The van der Waals surface area contributed by atoms with Crippen LogP contribution < -0.4 is 0 Å². The molecule has 4 rings (SSSR count). The Morgan fingerprint density at radius 2 is 1.94 bits per heavy atom. The van der Waals surface area contributed by atoms with Crippen molar-refractivity contribution in [3.8, 4) is 0 Å². The van der Waals surface area contributed by atoms with Crippen LogP contribution in [0.2, 0.25) is 0 Å². The second-order valence-electron chi connectivity index (χ2n) is 5.06. The molecule has 0 nitrogen and oxygen atoms in total. The van der Waals surface area contributed by atoms with Gasteiger partial charge >= 0.3 is 0 Å². The first-order chi connectivity index (χ1) is 8.92. The van der Waals surface area contributed by atoms with E-state index in [1.165, 1.54) is 27.8 Å². The summed E-state index contributed by atoms with van der Waals surface area (Å²) in [7, 11) is 0. The lowest BCUT2D eigenvalue weighted by atomic mass is 9.75. The third-order valence-electron chi connectivity index (χ3n) is 3.99. The van der Waals surface area contributed by atoms with Crippen LogP contribution in [0, 0.1) is 5.92 Å². The maximum Gasteiger partial charge on any atom is 0.0275 e. The van der Waals surface area contributed by atoms with Crippen molar-refractivity contribution in [1.82, 2.24) is 0 Å². The van der Waals surface area contributed by atoms with Crippen LogP contribution in [0.3, 0.4) is 0 Å². The molecule has 1 unspecified atom stereocenters. The molecule has 0 aliphatic heterocycles. The lowest BCUT2D eigenvalue weighted by Gasteiger charge is -2.29. The molecule has 3 aliphatic carbocycles. The van der Waals surface area contributed by atoms with Crippen molar-refractivity contribution in [2.75, 3.05) is 0 Å². The van der Waals surface area contributed by atoms with Gasteiger partial charge < -0.3 is 0 Å². The van der Waals surface area contributed by atoms with Gasteiger partial charge in [-0.1, -0.05) is 66.8 Å². The zero-order valence-electron chi connectivity index (χ0n) is 10.1. The molecule has 0 aromatic heterocycles. The Balaban J connectivity index is 1.89. The van der Waals surface area contributed by atoms with Gasteiger partial charge in [0.05, 0.1) is 0 Å². The van der Waals surface area contributed by atoms with Crippen LogP contribution in [-0.2, 0) is 6.42 Å². The summed E-state index contributed by atoms with van der Waals surface area (Å²) >= 11 is 0. The molecule has 0 saturated heterocycles. The second-order valence-corrected chi connectivity index (χ2v) is 5.06. The van der Waals surface area contributed by atoms with Gasteiger partial charge in [-0.15, -0.1) is 0 Å². The first kappa shape index (κ1) is 9.90. The van der Waals surface area contributed by atoms with Crippen LogP contribution in [-0.4, -0.2) is 0 Å². The number of fused-ring (bicyclic) bond motifs is 4. The summed E-state index contributed by atoms with van der Waals surface area (Å²) in [6.07, 6.45) is 16.8. The highest BCUT2D eigenvalue weighted by atomic mass is 14.3. The molecule has 0 bridgehead atoms. The van der Waals surface area contributed by atoms with E-state index in [9.17, 15) is 0 Å². The predicted molar refractivity (Wildman–Crippen MR) is 76.1 cm³/mol. The number of allylic oxidation sites excluding steroid dienone is 9. The molecule has 0 amide bonds. The molecule has 0 saturated carbocycles. The normalized spacial score (nSPS) is 23.3. The molecule has 0 heteroatoms. The van der Waals surface area contributed by atoms with E-state index in [2.05, 4.69) is 66.8 Å². The van der Waals surface area contributed by atoms with Gasteiger partial charge in [-0.25, -0.2) is 0 Å². The van der Waals surface area contributed by atoms with Crippen molar-refractivity contribution in [2.45, 2.75) is 6.42 Å². The highest BCUT2D eigenvalue weighted by Crippen LogP contribution is 2.40. The third kappa shape index (κ3) is 1.39. The van der Waals surface area contributed by atoms with Crippen molar-refractivity contribution in [1.29, 1.82) is 0 Å². The Bertz CT molecular complexity index is 663. The third-order valence-corrected chi connectivity index (χ3v) is 3.99. The van der Waals surface area contributed by atoms with E-state index in [1.807, 2.05) is 0 Å². The van der Waals surface area contributed by atoms with Crippen molar-refractivity contribution >= 4 is 6.08 Å². The maximum absolute atomic E-state index is 2.37. The predicted octanol–water partition coefficient (Wildman–Crippen LogP) is 4.23. The Kier molecular flexibility index (Phi) is 2.04. The molecular formula is C18H14. The smallest absolute Gasteiger partial charge is 0.0275 e. The van der Waals surface area contributed by atoms with Gasteiger partial charge in [0.2, 0.25) is 0 Å². The van der Waals surface area contributed by atoms with E-state index < -0.39 is 0 Å². The summed E-state index contributed by atoms with van der Waals surface area (Å²) in [6.45, 7) is 0. The highest BCUT2D eigenvalue weighted by molar-refractivity contribution is 5.71. The number of hydrogen-bond acceptors (Lipinski definition) is 0. The summed E-state index contributed by atoms with van der Waals surface area (Å²) in [5.41, 5.74) is 7.19. The molecular weight excluding hydrogens is 216 g/mol. The number of hydrogen-bond donors (Lipinski definition) is 0. The molecule has 0 radical (unpaired) electrons. The van der Waals surface area contributed by atoms with Crippen LogP contribution >= 0.6 is 0 Å². The Hall–Kier alpha value is -2.08. The van der Waals surface area contributed by atoms with Crippen molar-refractivity contribution < 1.29 is 0 Å². The molecule has 0 fully saturated rings. The van der Waals surface area contributed by atoms with Gasteiger partial charge in [0.15, 0.2) is 0 Å². The van der Waals surface area contributed by atoms with Crippen LogP contribution in [0.5, 0.6) is 0 Å². The van der Waals surface area contributed by atoms with Crippen molar-refractivity contribution in [2.24, 2.45) is 5.92 Å². The van der Waals surface area contributed by atoms with E-state index in [-0.39, 0.29) is 0 Å². The largest absolute Gasteiger partial charge is 0.0726 e. The minimum Gasteiger partial charge on any atom is -0.0726 e. The molecule has 86 valence electrons. The van der Waals surface area contributed by atoms with Crippen LogP contribution in [0.25, 0.3) is 6.08 Å². The molecule has 1 atom stereocenters. The van der Waals surface area contributed by atoms with Gasteiger partial charge in [-0.2, -0.15) is 0 Å². The highest BCUT2D eigenvalue weighted by Gasteiger charge is 2.25. The summed E-state index contributed by atoms with van der Waals surface area (Å²) in [5, 5.41) is 0. The van der Waals surface area contributed by atoms with E-state index in [0.717, 1.165) is 6.42 Å². The zero-order valence-corrected chi connectivity index (χ0v) is 10.1. The van der Waals surface area contributed by atoms with E-state index >= 15 is 0 Å². The molecule has 1 aromatic carbocycles. The van der Waals surface area contributed by atoms with E-state index in [1.54, 1.807) is 0 Å². The monoisotopic (exact) mass is 230 g/mol. The first-order valence-corrected chi connectivity index (χ1v) is 6.47. The molecule has 3 aliphatic rings. The van der Waals surface area contributed by atoms with Gasteiger partial charge in [0.1, 0.15) is 0 Å². The second kappa shape index (κ2) is 3.71. The average molecular weight is 230 g/mol. The van der Waals surface area contributed by atoms with Gasteiger partial charge in [-0.05, 0) is 34.3 Å². The fourth-order valence-corrected chi connectivity index (χ4v) is 3.04. The number of benzene rings is 1. The fraction of sp³-hybridized carbons (Fsp3) is 0.111. The quantitative estimate of drug-likeness (QED) is 0.625. The average Bonchev–Trinajstić information content (AvgIpc) is 2.45. The van der Waals surface area contributed by atoms with Gasteiger partial charge in [0.25, 0.3) is 0 Å². The Morgan fingerprint density at radius 3 is 2.94 bits per heavy atom. The van der Waals surface area contributed by atoms with Crippen molar-refractivity contribution in [3.63, 3.8) is 0 Å². The minimum absolute atomic E-state index is 0.461. The lowest BCUT2D eigenvalue weighted by Crippen LogP contribution is -2.15. The van der Waals surface area contributed by atoms with Crippen LogP contribution in [0.1, 0.15) is 11.1 Å². The van der Waals surface area contributed by atoms with Crippen LogP contribution in [0.4, 0.5) is 0 Å². The van der Waals surface area contributed by atoms with Crippen LogP contribution in [0.15, 0.2) is 77.4 Å². The van der Waals surface area contributed by atoms with Gasteiger partial charge in [-0.3, -0.25) is 0 Å². The summed E-state index contributed by atoms with van der Waals surface area (Å²) < 4.78 is 0. The minimum atomic E-state index is 0.461. The first-order valence-electron chi connectivity index (χ1n) is 6.47. The lowest BCUT2D eigenvalue weighted by molar-refractivity contribution is 0.886. The summed E-state index contributed by atoms with van der Waals surface area (Å²) in [4.78, 5) is 0. The molecule has 18 heavy (non-hydrogen) atoms. The SMILES string of the molecule is C1=CC2=CC=C3Cc4ccccc4C=C3C2C=C1.